The summed E-state index contributed by atoms with van der Waals surface area (Å²) in [5, 5.41) is 8.59. The molecule has 0 saturated heterocycles. The molecule has 1 rings (SSSR count). The van der Waals surface area contributed by atoms with Crippen molar-refractivity contribution in [2.75, 3.05) is 0 Å². The lowest BCUT2D eigenvalue weighted by molar-refractivity contribution is -0.112. The molecule has 1 amide bonds. The van der Waals surface area contributed by atoms with E-state index in [1.807, 2.05) is 5.92 Å². The monoisotopic (exact) mass is 207 g/mol. The number of primary amides is 1. The Morgan fingerprint density at radius 3 is 2.60 bits per heavy atom. The highest BCUT2D eigenvalue weighted by Gasteiger charge is 2.12. The minimum Gasteiger partial charge on any atom is -0.478 e. The Morgan fingerprint density at radius 1 is 1.40 bits per heavy atom. The number of carbonyl (C=O) groups is 2. The Bertz CT molecular complexity index is 485. The molecule has 1 aromatic rings. The van der Waals surface area contributed by atoms with Gasteiger partial charge in [-0.1, -0.05) is 12.0 Å². The fraction of sp³-hybridized carbons (Fsp3) is 0. The molecule has 3 N–H and O–H groups in total. The van der Waals surface area contributed by atoms with E-state index in [4.69, 9.17) is 10.8 Å². The SMILES string of the molecule is NC(=O)C#Cc1cccc(C(=O)O)c1F. The van der Waals surface area contributed by atoms with E-state index in [9.17, 15) is 14.0 Å². The number of carbonyl (C=O) groups excluding carboxylic acids is 1. The second-order valence-electron chi connectivity index (χ2n) is 2.59. The lowest BCUT2D eigenvalue weighted by Crippen LogP contribution is -2.07. The lowest BCUT2D eigenvalue weighted by Gasteiger charge is -1.98. The van der Waals surface area contributed by atoms with Gasteiger partial charge in [0, 0.05) is 5.92 Å². The van der Waals surface area contributed by atoms with E-state index in [0.29, 0.717) is 0 Å². The number of carboxylic acid groups (broad SMARTS) is 1. The summed E-state index contributed by atoms with van der Waals surface area (Å²) in [6.07, 6.45) is 0. The van der Waals surface area contributed by atoms with Gasteiger partial charge >= 0.3 is 5.97 Å². The summed E-state index contributed by atoms with van der Waals surface area (Å²) in [7, 11) is 0. The van der Waals surface area contributed by atoms with Gasteiger partial charge in [0.2, 0.25) is 0 Å². The summed E-state index contributed by atoms with van der Waals surface area (Å²) < 4.78 is 13.3. The van der Waals surface area contributed by atoms with E-state index < -0.39 is 23.3 Å². The van der Waals surface area contributed by atoms with E-state index >= 15 is 0 Å². The molecule has 5 heteroatoms. The average Bonchev–Trinajstić information content (AvgIpc) is 2.15. The van der Waals surface area contributed by atoms with Crippen LogP contribution in [0.5, 0.6) is 0 Å². The third-order valence-corrected chi connectivity index (χ3v) is 1.55. The van der Waals surface area contributed by atoms with Gasteiger partial charge in [-0.25, -0.2) is 9.18 Å². The summed E-state index contributed by atoms with van der Waals surface area (Å²) in [5.41, 5.74) is 4.07. The second kappa shape index (κ2) is 4.24. The van der Waals surface area contributed by atoms with E-state index in [1.54, 1.807) is 0 Å². The second-order valence-corrected chi connectivity index (χ2v) is 2.59. The molecule has 15 heavy (non-hydrogen) atoms. The number of amides is 1. The molecule has 0 atom stereocenters. The first kappa shape index (κ1) is 10.7. The van der Waals surface area contributed by atoms with Crippen molar-refractivity contribution in [2.24, 2.45) is 5.73 Å². The number of nitrogens with two attached hydrogens (primary N) is 1. The van der Waals surface area contributed by atoms with Gasteiger partial charge < -0.3 is 10.8 Å². The molecule has 0 bridgehead atoms. The van der Waals surface area contributed by atoms with Crippen molar-refractivity contribution in [2.45, 2.75) is 0 Å². The molecule has 0 aliphatic heterocycles. The van der Waals surface area contributed by atoms with Crippen molar-refractivity contribution in [3.05, 3.63) is 35.1 Å². The van der Waals surface area contributed by atoms with Crippen LogP contribution in [-0.2, 0) is 4.79 Å². The third-order valence-electron chi connectivity index (χ3n) is 1.55. The van der Waals surface area contributed by atoms with E-state index in [0.717, 1.165) is 6.07 Å². The summed E-state index contributed by atoms with van der Waals surface area (Å²) >= 11 is 0. The molecule has 0 heterocycles. The number of hydrogen-bond acceptors (Lipinski definition) is 2. The highest BCUT2D eigenvalue weighted by molar-refractivity contribution is 5.93. The van der Waals surface area contributed by atoms with E-state index in [-0.39, 0.29) is 5.56 Å². The predicted octanol–water partition coefficient (Wildman–Crippen LogP) is 0.361. The van der Waals surface area contributed by atoms with Crippen molar-refractivity contribution in [3.63, 3.8) is 0 Å². The van der Waals surface area contributed by atoms with Crippen LogP contribution in [0.15, 0.2) is 18.2 Å². The van der Waals surface area contributed by atoms with Gasteiger partial charge in [-0.15, -0.1) is 0 Å². The van der Waals surface area contributed by atoms with Gasteiger partial charge in [-0.3, -0.25) is 4.79 Å². The van der Waals surface area contributed by atoms with Crippen molar-refractivity contribution < 1.29 is 19.1 Å². The first-order valence-electron chi connectivity index (χ1n) is 3.85. The molecule has 0 aliphatic carbocycles. The van der Waals surface area contributed by atoms with Gasteiger partial charge in [0.1, 0.15) is 0 Å². The van der Waals surface area contributed by atoms with Crippen LogP contribution in [0, 0.1) is 17.7 Å². The normalized spacial score (nSPS) is 8.87. The average molecular weight is 207 g/mol. The Hall–Kier alpha value is -2.35. The molecule has 0 aromatic heterocycles. The van der Waals surface area contributed by atoms with Crippen molar-refractivity contribution in [3.8, 4) is 11.8 Å². The molecule has 4 nitrogen and oxygen atoms in total. The number of aromatic carboxylic acids is 1. The smallest absolute Gasteiger partial charge is 0.338 e. The van der Waals surface area contributed by atoms with E-state index in [2.05, 4.69) is 5.92 Å². The minimum atomic E-state index is -1.39. The zero-order valence-corrected chi connectivity index (χ0v) is 7.45. The van der Waals surface area contributed by atoms with Crippen LogP contribution in [0.3, 0.4) is 0 Å². The highest BCUT2D eigenvalue weighted by Crippen LogP contribution is 2.11. The van der Waals surface area contributed by atoms with Crippen LogP contribution >= 0.6 is 0 Å². The van der Waals surface area contributed by atoms with E-state index in [1.165, 1.54) is 12.1 Å². The standard InChI is InChI=1S/C10H6FNO3/c11-9-6(4-5-8(12)13)2-1-3-7(9)10(14)15/h1-3H,(H2,12,13)(H,14,15). The number of halogens is 1. The quantitative estimate of drug-likeness (QED) is 0.652. The van der Waals surface area contributed by atoms with Crippen molar-refractivity contribution in [1.29, 1.82) is 0 Å². The van der Waals surface area contributed by atoms with Gasteiger partial charge in [-0.05, 0) is 12.1 Å². The topological polar surface area (TPSA) is 80.4 Å². The fourth-order valence-corrected chi connectivity index (χ4v) is 0.923. The first-order chi connectivity index (χ1) is 7.02. The molecule has 0 radical (unpaired) electrons. The molecule has 0 aliphatic rings. The summed E-state index contributed by atoms with van der Waals surface area (Å²) in [6.45, 7) is 0. The zero-order valence-electron chi connectivity index (χ0n) is 7.45. The summed E-state index contributed by atoms with van der Waals surface area (Å²) in [4.78, 5) is 20.8. The van der Waals surface area contributed by atoms with Crippen LogP contribution in [0.25, 0.3) is 0 Å². The maximum Gasteiger partial charge on any atom is 0.338 e. The van der Waals surface area contributed by atoms with Crippen LogP contribution in [0.4, 0.5) is 4.39 Å². The fourth-order valence-electron chi connectivity index (χ4n) is 0.923. The zero-order chi connectivity index (χ0) is 11.4. The molecule has 0 saturated carbocycles. The van der Waals surface area contributed by atoms with Crippen LogP contribution in [0.2, 0.25) is 0 Å². The minimum absolute atomic E-state index is 0.172. The largest absolute Gasteiger partial charge is 0.478 e. The molecular formula is C10H6FNO3. The van der Waals surface area contributed by atoms with Crippen molar-refractivity contribution >= 4 is 11.9 Å². The molecule has 0 spiro atoms. The molecular weight excluding hydrogens is 201 g/mol. The third kappa shape index (κ3) is 2.54. The predicted molar refractivity (Wildman–Crippen MR) is 49.4 cm³/mol. The number of rotatable bonds is 1. The highest BCUT2D eigenvalue weighted by atomic mass is 19.1. The maximum absolute atomic E-state index is 13.3. The number of carboxylic acids is 1. The Balaban J connectivity index is 3.23. The molecule has 1 aromatic carbocycles. The number of benzene rings is 1. The number of hydrogen-bond donors (Lipinski definition) is 2. The Morgan fingerprint density at radius 2 is 2.07 bits per heavy atom. The van der Waals surface area contributed by atoms with Crippen LogP contribution in [-0.4, -0.2) is 17.0 Å². The van der Waals surface area contributed by atoms with Crippen molar-refractivity contribution in [1.82, 2.24) is 0 Å². The van der Waals surface area contributed by atoms with Gasteiger partial charge in [-0.2, -0.15) is 0 Å². The van der Waals surface area contributed by atoms with Crippen LogP contribution in [0.1, 0.15) is 15.9 Å². The summed E-state index contributed by atoms with van der Waals surface area (Å²) in [6, 6.07) is 3.70. The van der Waals surface area contributed by atoms with Gasteiger partial charge in [0.15, 0.2) is 5.82 Å². The lowest BCUT2D eigenvalue weighted by atomic mass is 10.1. The molecule has 0 unspecified atom stereocenters. The Labute approximate surface area is 84.5 Å². The molecule has 76 valence electrons. The Kier molecular flexibility index (Phi) is 3.03. The van der Waals surface area contributed by atoms with Gasteiger partial charge in [0.25, 0.3) is 5.91 Å². The summed E-state index contributed by atoms with van der Waals surface area (Å²) in [5.74, 6) is 0.795. The van der Waals surface area contributed by atoms with Gasteiger partial charge in [0.05, 0.1) is 11.1 Å². The molecule has 0 fully saturated rings. The van der Waals surface area contributed by atoms with Crippen LogP contribution < -0.4 is 5.73 Å². The maximum atomic E-state index is 13.3. The first-order valence-corrected chi connectivity index (χ1v) is 3.85.